The van der Waals surface area contributed by atoms with E-state index in [0.717, 1.165) is 22.5 Å². The highest BCUT2D eigenvalue weighted by molar-refractivity contribution is 6.33. The number of rotatable bonds is 2. The molecule has 2 aromatic carbocycles. The van der Waals surface area contributed by atoms with Crippen molar-refractivity contribution in [2.24, 2.45) is 0 Å². The van der Waals surface area contributed by atoms with E-state index in [0.29, 0.717) is 0 Å². The molecular formula is C14H13BO. The molecule has 2 heteroatoms. The van der Waals surface area contributed by atoms with Crippen molar-refractivity contribution >= 4 is 13.3 Å². The number of ether oxygens (including phenoxy) is 1. The molecule has 0 N–H and O–H groups in total. The third-order valence-corrected chi connectivity index (χ3v) is 2.51. The van der Waals surface area contributed by atoms with Crippen molar-refractivity contribution in [1.82, 2.24) is 0 Å². The number of hydrogen-bond acceptors (Lipinski definition) is 1. The Morgan fingerprint density at radius 1 is 0.875 bits per heavy atom. The molecule has 0 aliphatic carbocycles. The van der Waals surface area contributed by atoms with Crippen molar-refractivity contribution in [3.8, 4) is 11.5 Å². The van der Waals surface area contributed by atoms with Crippen LogP contribution in [0.3, 0.4) is 0 Å². The average Bonchev–Trinajstić information content (AvgIpc) is 2.27. The molecule has 0 spiro atoms. The fraction of sp³-hybridized carbons (Fsp3) is 0.143. The Bertz CT molecular complexity index is 489. The van der Waals surface area contributed by atoms with Crippen LogP contribution in [-0.4, -0.2) is 7.85 Å². The van der Waals surface area contributed by atoms with Crippen LogP contribution in [0.1, 0.15) is 11.1 Å². The van der Waals surface area contributed by atoms with Gasteiger partial charge in [-0.05, 0) is 38.1 Å². The Morgan fingerprint density at radius 3 is 2.12 bits per heavy atom. The molecule has 1 nitrogen and oxygen atoms in total. The molecule has 2 aromatic rings. The molecule has 0 aromatic heterocycles. The van der Waals surface area contributed by atoms with Gasteiger partial charge in [0, 0.05) is 0 Å². The molecule has 2 radical (unpaired) electrons. The fourth-order valence-corrected chi connectivity index (χ4v) is 1.42. The van der Waals surface area contributed by atoms with Gasteiger partial charge in [0.2, 0.25) is 0 Å². The SMILES string of the molecule is [B]c1cc(Oc2ccc(C)cc2)ccc1C. The van der Waals surface area contributed by atoms with Crippen LogP contribution in [0.4, 0.5) is 0 Å². The quantitative estimate of drug-likeness (QED) is 0.689. The molecule has 0 heterocycles. The van der Waals surface area contributed by atoms with Crippen LogP contribution in [-0.2, 0) is 0 Å². The standard InChI is InChI=1S/C14H13BO/c1-10-3-6-12(7-4-10)16-13-8-5-11(2)14(15)9-13/h3-9H,1-2H3. The first-order valence-electron chi connectivity index (χ1n) is 5.26. The minimum absolute atomic E-state index is 0.754. The predicted molar refractivity (Wildman–Crippen MR) is 67.8 cm³/mol. The maximum Gasteiger partial charge on any atom is 0.127 e. The molecule has 0 atom stereocenters. The fourth-order valence-electron chi connectivity index (χ4n) is 1.42. The van der Waals surface area contributed by atoms with E-state index in [-0.39, 0.29) is 0 Å². The van der Waals surface area contributed by atoms with Gasteiger partial charge < -0.3 is 4.74 Å². The molecule has 0 bridgehead atoms. The molecule has 16 heavy (non-hydrogen) atoms. The summed E-state index contributed by atoms with van der Waals surface area (Å²) in [5, 5.41) is 0. The van der Waals surface area contributed by atoms with Crippen LogP contribution in [0.2, 0.25) is 0 Å². The Hall–Kier alpha value is -1.70. The zero-order valence-corrected chi connectivity index (χ0v) is 9.53. The molecule has 0 saturated carbocycles. The van der Waals surface area contributed by atoms with Crippen LogP contribution in [0.15, 0.2) is 42.5 Å². The van der Waals surface area contributed by atoms with Gasteiger partial charge in [-0.2, -0.15) is 0 Å². The predicted octanol–water partition coefficient (Wildman–Crippen LogP) is 2.89. The normalized spacial score (nSPS) is 10.1. The highest BCUT2D eigenvalue weighted by Crippen LogP contribution is 2.20. The average molecular weight is 208 g/mol. The van der Waals surface area contributed by atoms with Gasteiger partial charge in [0.25, 0.3) is 0 Å². The summed E-state index contributed by atoms with van der Waals surface area (Å²) in [7, 11) is 5.82. The van der Waals surface area contributed by atoms with Crippen LogP contribution < -0.4 is 10.2 Å². The summed E-state index contributed by atoms with van der Waals surface area (Å²) in [6, 6.07) is 13.7. The number of benzene rings is 2. The van der Waals surface area contributed by atoms with E-state index in [1.54, 1.807) is 0 Å². The summed E-state index contributed by atoms with van der Waals surface area (Å²) in [4.78, 5) is 0. The van der Waals surface area contributed by atoms with Crippen molar-refractivity contribution in [3.05, 3.63) is 53.6 Å². The first-order chi connectivity index (χ1) is 7.65. The lowest BCUT2D eigenvalue weighted by atomic mass is 9.91. The highest BCUT2D eigenvalue weighted by atomic mass is 16.5. The maximum atomic E-state index is 5.82. The number of hydrogen-bond donors (Lipinski definition) is 0. The number of aryl methyl sites for hydroxylation is 2. The van der Waals surface area contributed by atoms with Crippen molar-refractivity contribution in [2.45, 2.75) is 13.8 Å². The van der Waals surface area contributed by atoms with Gasteiger partial charge in [-0.1, -0.05) is 34.8 Å². The van der Waals surface area contributed by atoms with Gasteiger partial charge in [0.1, 0.15) is 19.3 Å². The van der Waals surface area contributed by atoms with Crippen LogP contribution >= 0.6 is 0 Å². The van der Waals surface area contributed by atoms with Gasteiger partial charge in [-0.15, -0.1) is 0 Å². The molecule has 0 aliphatic heterocycles. The lowest BCUT2D eigenvalue weighted by Crippen LogP contribution is -2.06. The molecule has 0 unspecified atom stereocenters. The van der Waals surface area contributed by atoms with E-state index in [2.05, 4.69) is 0 Å². The monoisotopic (exact) mass is 208 g/mol. The molecular weight excluding hydrogens is 195 g/mol. The van der Waals surface area contributed by atoms with E-state index in [1.165, 1.54) is 5.56 Å². The summed E-state index contributed by atoms with van der Waals surface area (Å²) in [5.74, 6) is 1.60. The smallest absolute Gasteiger partial charge is 0.127 e. The van der Waals surface area contributed by atoms with Crippen molar-refractivity contribution < 1.29 is 4.74 Å². The zero-order chi connectivity index (χ0) is 11.5. The Morgan fingerprint density at radius 2 is 1.50 bits per heavy atom. The van der Waals surface area contributed by atoms with Crippen LogP contribution in [0.5, 0.6) is 11.5 Å². The topological polar surface area (TPSA) is 9.23 Å². The molecule has 78 valence electrons. The molecule has 0 saturated heterocycles. The first-order valence-corrected chi connectivity index (χ1v) is 5.26. The first kappa shape index (κ1) is 10.8. The van der Waals surface area contributed by atoms with Crippen LogP contribution in [0, 0.1) is 13.8 Å². The summed E-state index contributed by atoms with van der Waals surface area (Å²) < 4.78 is 5.69. The second-order valence-electron chi connectivity index (χ2n) is 3.93. The third kappa shape index (κ3) is 2.46. The van der Waals surface area contributed by atoms with E-state index in [4.69, 9.17) is 12.6 Å². The molecule has 2 rings (SSSR count). The van der Waals surface area contributed by atoms with E-state index in [9.17, 15) is 0 Å². The second kappa shape index (κ2) is 4.44. The van der Waals surface area contributed by atoms with Crippen molar-refractivity contribution in [1.29, 1.82) is 0 Å². The largest absolute Gasteiger partial charge is 0.457 e. The Balaban J connectivity index is 2.20. The highest BCUT2D eigenvalue weighted by Gasteiger charge is 1.98. The van der Waals surface area contributed by atoms with Gasteiger partial charge in [0.05, 0.1) is 0 Å². The maximum absolute atomic E-state index is 5.82. The minimum Gasteiger partial charge on any atom is -0.457 e. The third-order valence-electron chi connectivity index (χ3n) is 2.51. The summed E-state index contributed by atoms with van der Waals surface area (Å²) >= 11 is 0. The summed E-state index contributed by atoms with van der Waals surface area (Å²) in [6.07, 6.45) is 0. The van der Waals surface area contributed by atoms with Gasteiger partial charge in [0.15, 0.2) is 0 Å². The lowest BCUT2D eigenvalue weighted by molar-refractivity contribution is 0.483. The van der Waals surface area contributed by atoms with Gasteiger partial charge >= 0.3 is 0 Å². The lowest BCUT2D eigenvalue weighted by Gasteiger charge is -2.08. The van der Waals surface area contributed by atoms with Gasteiger partial charge in [-0.3, -0.25) is 0 Å². The molecule has 0 fully saturated rings. The second-order valence-corrected chi connectivity index (χ2v) is 3.93. The minimum atomic E-state index is 0.754. The summed E-state index contributed by atoms with van der Waals surface area (Å²) in [5.41, 5.74) is 3.04. The Labute approximate surface area is 97.5 Å². The van der Waals surface area contributed by atoms with E-state index < -0.39 is 0 Å². The van der Waals surface area contributed by atoms with Crippen molar-refractivity contribution in [2.75, 3.05) is 0 Å². The van der Waals surface area contributed by atoms with Crippen LogP contribution in [0.25, 0.3) is 0 Å². The van der Waals surface area contributed by atoms with E-state index in [1.807, 2.05) is 56.3 Å². The summed E-state index contributed by atoms with van der Waals surface area (Å²) in [6.45, 7) is 4.03. The van der Waals surface area contributed by atoms with Crippen molar-refractivity contribution in [3.63, 3.8) is 0 Å². The molecule has 0 aliphatic rings. The Kier molecular flexibility index (Phi) is 3.00. The van der Waals surface area contributed by atoms with Gasteiger partial charge in [-0.25, -0.2) is 0 Å². The molecule has 0 amide bonds. The van der Waals surface area contributed by atoms with E-state index >= 15 is 0 Å². The zero-order valence-electron chi connectivity index (χ0n) is 9.53.